The molecule has 0 aromatic carbocycles. The second-order valence-electron chi connectivity index (χ2n) is 3.91. The zero-order valence-corrected chi connectivity index (χ0v) is 10.8. The van der Waals surface area contributed by atoms with Gasteiger partial charge in [-0.1, -0.05) is 22.9 Å². The lowest BCUT2D eigenvalue weighted by molar-refractivity contribution is 0.0913. The molecule has 0 saturated carbocycles. The first kappa shape index (κ1) is 12.2. The van der Waals surface area contributed by atoms with Gasteiger partial charge in [-0.2, -0.15) is 5.10 Å². The van der Waals surface area contributed by atoms with Crippen molar-refractivity contribution in [2.24, 2.45) is 0 Å². The Morgan fingerprint density at radius 2 is 2.40 bits per heavy atom. The van der Waals surface area contributed by atoms with Crippen LogP contribution in [0.4, 0.5) is 0 Å². The van der Waals surface area contributed by atoms with E-state index in [1.165, 1.54) is 0 Å². The Balaban J connectivity index is 2.76. The van der Waals surface area contributed by atoms with Crippen LogP contribution in [0.1, 0.15) is 36.3 Å². The van der Waals surface area contributed by atoms with E-state index >= 15 is 0 Å². The maximum absolute atomic E-state index is 11.9. The predicted molar refractivity (Wildman–Crippen MR) is 63.3 cm³/mol. The van der Waals surface area contributed by atoms with Crippen LogP contribution in [0, 0.1) is 6.92 Å². The zero-order chi connectivity index (χ0) is 11.5. The largest absolute Gasteiger partial charge is 0.346 e. The van der Waals surface area contributed by atoms with E-state index in [1.807, 2.05) is 20.8 Å². The number of nitrogens with zero attached hydrogens (tertiary/aromatic N) is 1. The van der Waals surface area contributed by atoms with E-state index < -0.39 is 0 Å². The van der Waals surface area contributed by atoms with E-state index in [9.17, 15) is 4.79 Å². The average molecular weight is 274 g/mol. The summed E-state index contributed by atoms with van der Waals surface area (Å²) in [6.45, 7) is 5.89. The maximum Gasteiger partial charge on any atom is 0.255 e. The molecule has 0 fully saturated rings. The SMILES string of the molecule is CCC(C)(CBr)NC(=O)c1cn[nH]c1C. The molecule has 1 rings (SSSR count). The van der Waals surface area contributed by atoms with Crippen LogP contribution in [0.3, 0.4) is 0 Å². The first-order valence-electron chi connectivity index (χ1n) is 4.91. The summed E-state index contributed by atoms with van der Waals surface area (Å²) >= 11 is 3.40. The Hall–Kier alpha value is -0.840. The molecule has 5 heteroatoms. The fraction of sp³-hybridized carbons (Fsp3) is 0.600. The number of carbonyl (C=O) groups excluding carboxylic acids is 1. The monoisotopic (exact) mass is 273 g/mol. The van der Waals surface area contributed by atoms with Gasteiger partial charge in [0.2, 0.25) is 0 Å². The highest BCUT2D eigenvalue weighted by Gasteiger charge is 2.24. The minimum atomic E-state index is -0.208. The molecule has 1 unspecified atom stereocenters. The summed E-state index contributed by atoms with van der Waals surface area (Å²) in [7, 11) is 0. The molecule has 1 aromatic rings. The molecule has 4 nitrogen and oxygen atoms in total. The fourth-order valence-corrected chi connectivity index (χ4v) is 1.67. The number of nitrogens with one attached hydrogen (secondary N) is 2. The molecule has 2 N–H and O–H groups in total. The van der Waals surface area contributed by atoms with E-state index in [0.717, 1.165) is 17.4 Å². The quantitative estimate of drug-likeness (QED) is 0.825. The van der Waals surface area contributed by atoms with Gasteiger partial charge in [-0.05, 0) is 20.3 Å². The molecule has 1 amide bonds. The molecule has 0 aliphatic heterocycles. The molecular formula is C10H16BrN3O. The number of aromatic amines is 1. The number of alkyl halides is 1. The summed E-state index contributed by atoms with van der Waals surface area (Å²) in [6, 6.07) is 0. The van der Waals surface area contributed by atoms with E-state index in [0.29, 0.717) is 5.56 Å². The van der Waals surface area contributed by atoms with Gasteiger partial charge in [0.25, 0.3) is 5.91 Å². The Bertz CT molecular complexity index is 344. The first-order valence-corrected chi connectivity index (χ1v) is 6.03. The molecule has 1 atom stereocenters. The lowest BCUT2D eigenvalue weighted by atomic mass is 10.0. The number of rotatable bonds is 4. The van der Waals surface area contributed by atoms with E-state index in [4.69, 9.17) is 0 Å². The number of amides is 1. The highest BCUT2D eigenvalue weighted by atomic mass is 79.9. The number of hydrogen-bond donors (Lipinski definition) is 2. The van der Waals surface area contributed by atoms with E-state index in [2.05, 4.69) is 31.4 Å². The van der Waals surface area contributed by atoms with Crippen LogP contribution in [-0.2, 0) is 0 Å². The summed E-state index contributed by atoms with van der Waals surface area (Å²) in [6.07, 6.45) is 2.43. The van der Waals surface area contributed by atoms with Crippen molar-refractivity contribution in [3.63, 3.8) is 0 Å². The van der Waals surface area contributed by atoms with Crippen LogP contribution in [0.2, 0.25) is 0 Å². The van der Waals surface area contributed by atoms with Crippen LogP contribution in [0.15, 0.2) is 6.20 Å². The van der Waals surface area contributed by atoms with Gasteiger partial charge < -0.3 is 5.32 Å². The van der Waals surface area contributed by atoms with Crippen molar-refractivity contribution < 1.29 is 4.79 Å². The molecule has 15 heavy (non-hydrogen) atoms. The van der Waals surface area contributed by atoms with E-state index in [1.54, 1.807) is 6.20 Å². The molecular weight excluding hydrogens is 258 g/mol. The summed E-state index contributed by atoms with van der Waals surface area (Å²) in [4.78, 5) is 11.9. The summed E-state index contributed by atoms with van der Waals surface area (Å²) in [5.74, 6) is -0.0787. The van der Waals surface area contributed by atoms with Gasteiger partial charge >= 0.3 is 0 Å². The minimum Gasteiger partial charge on any atom is -0.346 e. The Labute approximate surface area is 98.0 Å². The fourth-order valence-electron chi connectivity index (χ4n) is 1.14. The number of hydrogen-bond acceptors (Lipinski definition) is 2. The third kappa shape index (κ3) is 2.81. The predicted octanol–water partition coefficient (Wildman–Crippen LogP) is 2.01. The molecule has 0 aliphatic rings. The normalized spacial score (nSPS) is 14.7. The van der Waals surface area contributed by atoms with Crippen LogP contribution >= 0.6 is 15.9 Å². The molecule has 1 heterocycles. The topological polar surface area (TPSA) is 57.8 Å². The number of halogens is 1. The number of aryl methyl sites for hydroxylation is 1. The Kier molecular flexibility index (Phi) is 3.90. The van der Waals surface area contributed by atoms with Crippen molar-refractivity contribution in [2.75, 3.05) is 5.33 Å². The van der Waals surface area contributed by atoms with Crippen molar-refractivity contribution >= 4 is 21.8 Å². The van der Waals surface area contributed by atoms with Gasteiger partial charge in [0.05, 0.1) is 11.8 Å². The van der Waals surface area contributed by atoms with Crippen LogP contribution < -0.4 is 5.32 Å². The van der Waals surface area contributed by atoms with Crippen LogP contribution in [0.5, 0.6) is 0 Å². The summed E-state index contributed by atoms with van der Waals surface area (Å²) < 4.78 is 0. The highest BCUT2D eigenvalue weighted by Crippen LogP contribution is 2.14. The third-order valence-electron chi connectivity index (χ3n) is 2.57. The van der Waals surface area contributed by atoms with Gasteiger partial charge in [-0.25, -0.2) is 0 Å². The zero-order valence-electron chi connectivity index (χ0n) is 9.22. The van der Waals surface area contributed by atoms with Crippen LogP contribution in [0.25, 0.3) is 0 Å². The number of H-pyrrole nitrogens is 1. The average Bonchev–Trinajstić information content (AvgIpc) is 2.64. The van der Waals surface area contributed by atoms with Crippen molar-refractivity contribution in [2.45, 2.75) is 32.7 Å². The molecule has 0 saturated heterocycles. The second kappa shape index (κ2) is 4.79. The molecule has 84 valence electrons. The van der Waals surface area contributed by atoms with Gasteiger partial charge in [0, 0.05) is 16.6 Å². The van der Waals surface area contributed by atoms with Crippen molar-refractivity contribution in [3.05, 3.63) is 17.5 Å². The molecule has 1 aromatic heterocycles. The second-order valence-corrected chi connectivity index (χ2v) is 4.47. The molecule has 0 aliphatic carbocycles. The summed E-state index contributed by atoms with van der Waals surface area (Å²) in [5.41, 5.74) is 1.19. The molecule has 0 bridgehead atoms. The maximum atomic E-state index is 11.9. The number of carbonyl (C=O) groups is 1. The van der Waals surface area contributed by atoms with Crippen molar-refractivity contribution in [3.8, 4) is 0 Å². The minimum absolute atomic E-state index is 0.0787. The Morgan fingerprint density at radius 3 is 2.80 bits per heavy atom. The highest BCUT2D eigenvalue weighted by molar-refractivity contribution is 9.09. The third-order valence-corrected chi connectivity index (χ3v) is 3.80. The van der Waals surface area contributed by atoms with Gasteiger partial charge in [0.1, 0.15) is 0 Å². The standard InChI is InChI=1S/C10H16BrN3O/c1-4-10(3,6-11)13-9(15)8-5-12-14-7(8)2/h5H,4,6H2,1-3H3,(H,12,14)(H,13,15). The lowest BCUT2D eigenvalue weighted by Crippen LogP contribution is -2.47. The van der Waals surface area contributed by atoms with Gasteiger partial charge in [-0.3, -0.25) is 9.89 Å². The van der Waals surface area contributed by atoms with Crippen molar-refractivity contribution in [1.29, 1.82) is 0 Å². The van der Waals surface area contributed by atoms with Crippen molar-refractivity contribution in [1.82, 2.24) is 15.5 Å². The van der Waals surface area contributed by atoms with E-state index in [-0.39, 0.29) is 11.4 Å². The Morgan fingerprint density at radius 1 is 1.73 bits per heavy atom. The van der Waals surface area contributed by atoms with Gasteiger partial charge in [0.15, 0.2) is 0 Å². The van der Waals surface area contributed by atoms with Crippen LogP contribution in [-0.4, -0.2) is 27.0 Å². The smallest absolute Gasteiger partial charge is 0.255 e. The number of aromatic nitrogens is 2. The summed E-state index contributed by atoms with van der Waals surface area (Å²) in [5, 5.41) is 10.3. The van der Waals surface area contributed by atoms with Gasteiger partial charge in [-0.15, -0.1) is 0 Å². The first-order chi connectivity index (χ1) is 7.02. The molecule has 0 radical (unpaired) electrons. The molecule has 0 spiro atoms. The lowest BCUT2D eigenvalue weighted by Gasteiger charge is -2.27.